The fourth-order valence-electron chi connectivity index (χ4n) is 1.20. The van der Waals surface area contributed by atoms with Gasteiger partial charge in [0.2, 0.25) is 0 Å². The smallest absolute Gasteiger partial charge is 0.314 e. The molecule has 1 atom stereocenters. The van der Waals surface area contributed by atoms with Gasteiger partial charge in [-0.05, 0) is 19.1 Å². The van der Waals surface area contributed by atoms with E-state index in [9.17, 15) is 9.59 Å². The van der Waals surface area contributed by atoms with E-state index in [0.717, 1.165) is 0 Å². The van der Waals surface area contributed by atoms with E-state index in [0.29, 0.717) is 11.6 Å². The lowest BCUT2D eigenvalue weighted by Gasteiger charge is -2.12. The SMILES string of the molecule is COCC(C)NC(=O)C(=O)Nc1ccc(Cl)cn1. The van der Waals surface area contributed by atoms with Crippen molar-refractivity contribution in [2.75, 3.05) is 19.0 Å². The summed E-state index contributed by atoms with van der Waals surface area (Å²) in [5, 5.41) is 5.29. The first-order chi connectivity index (χ1) is 8.52. The minimum absolute atomic E-state index is 0.244. The van der Waals surface area contributed by atoms with Gasteiger partial charge in [0.25, 0.3) is 0 Å². The molecular weight excluding hydrogens is 258 g/mol. The molecule has 1 rings (SSSR count). The van der Waals surface area contributed by atoms with Gasteiger partial charge in [-0.1, -0.05) is 11.6 Å². The molecule has 0 aliphatic rings. The van der Waals surface area contributed by atoms with Gasteiger partial charge in [-0.25, -0.2) is 4.98 Å². The highest BCUT2D eigenvalue weighted by atomic mass is 35.5. The topological polar surface area (TPSA) is 80.3 Å². The summed E-state index contributed by atoms with van der Waals surface area (Å²) in [4.78, 5) is 26.8. The van der Waals surface area contributed by atoms with Crippen molar-refractivity contribution < 1.29 is 14.3 Å². The third-order valence-corrected chi connectivity index (χ3v) is 2.19. The van der Waals surface area contributed by atoms with Crippen molar-refractivity contribution in [3.8, 4) is 0 Å². The Kier molecular flexibility index (Phi) is 5.54. The molecule has 0 aliphatic carbocycles. The van der Waals surface area contributed by atoms with Crippen LogP contribution in [0.5, 0.6) is 0 Å². The first-order valence-electron chi connectivity index (χ1n) is 5.25. The molecule has 2 amide bonds. The maximum atomic E-state index is 11.5. The van der Waals surface area contributed by atoms with Crippen molar-refractivity contribution in [1.82, 2.24) is 10.3 Å². The number of pyridine rings is 1. The van der Waals surface area contributed by atoms with Gasteiger partial charge in [0.05, 0.1) is 11.6 Å². The maximum absolute atomic E-state index is 11.5. The number of hydrogen-bond acceptors (Lipinski definition) is 4. The van der Waals surface area contributed by atoms with Crippen molar-refractivity contribution in [3.05, 3.63) is 23.4 Å². The lowest BCUT2D eigenvalue weighted by molar-refractivity contribution is -0.136. The summed E-state index contributed by atoms with van der Waals surface area (Å²) in [5.74, 6) is -1.26. The van der Waals surface area contributed by atoms with Crippen LogP contribution in [0.1, 0.15) is 6.92 Å². The Morgan fingerprint density at radius 2 is 2.17 bits per heavy atom. The van der Waals surface area contributed by atoms with E-state index in [1.165, 1.54) is 19.4 Å². The maximum Gasteiger partial charge on any atom is 0.314 e. The van der Waals surface area contributed by atoms with Crippen molar-refractivity contribution in [2.45, 2.75) is 13.0 Å². The van der Waals surface area contributed by atoms with Crippen molar-refractivity contribution in [3.63, 3.8) is 0 Å². The summed E-state index contributed by atoms with van der Waals surface area (Å²) in [6.45, 7) is 2.06. The number of hydrogen-bond donors (Lipinski definition) is 2. The fraction of sp³-hybridized carbons (Fsp3) is 0.364. The molecular formula is C11H14ClN3O3. The number of nitrogens with zero attached hydrogens (tertiary/aromatic N) is 1. The van der Waals surface area contributed by atoms with Crippen molar-refractivity contribution in [1.29, 1.82) is 0 Å². The van der Waals surface area contributed by atoms with Gasteiger partial charge in [-0.3, -0.25) is 9.59 Å². The van der Waals surface area contributed by atoms with Crippen LogP contribution < -0.4 is 10.6 Å². The second-order valence-corrected chi connectivity index (χ2v) is 4.08. The molecule has 0 saturated carbocycles. The molecule has 0 aromatic carbocycles. The third-order valence-electron chi connectivity index (χ3n) is 1.97. The Hall–Kier alpha value is -1.66. The van der Waals surface area contributed by atoms with E-state index >= 15 is 0 Å². The highest BCUT2D eigenvalue weighted by Gasteiger charge is 2.16. The van der Waals surface area contributed by atoms with Crippen molar-refractivity contribution in [2.24, 2.45) is 0 Å². The molecule has 0 bridgehead atoms. The molecule has 1 unspecified atom stereocenters. The van der Waals surface area contributed by atoms with E-state index in [1.54, 1.807) is 13.0 Å². The van der Waals surface area contributed by atoms with E-state index < -0.39 is 11.8 Å². The Bertz CT molecular complexity index is 422. The number of aromatic nitrogens is 1. The molecule has 2 N–H and O–H groups in total. The van der Waals surface area contributed by atoms with Crippen LogP contribution in [0.4, 0.5) is 5.82 Å². The van der Waals surface area contributed by atoms with Gasteiger partial charge < -0.3 is 15.4 Å². The van der Waals surface area contributed by atoms with Crippen LogP contribution in [0.15, 0.2) is 18.3 Å². The Labute approximate surface area is 110 Å². The van der Waals surface area contributed by atoms with Gasteiger partial charge in [-0.2, -0.15) is 0 Å². The average molecular weight is 272 g/mol. The zero-order valence-electron chi connectivity index (χ0n) is 10.1. The zero-order valence-corrected chi connectivity index (χ0v) is 10.8. The quantitative estimate of drug-likeness (QED) is 0.795. The van der Waals surface area contributed by atoms with E-state index in [2.05, 4.69) is 15.6 Å². The summed E-state index contributed by atoms with van der Waals surface area (Å²) in [6.07, 6.45) is 1.38. The average Bonchev–Trinajstić information content (AvgIpc) is 2.32. The first kappa shape index (κ1) is 14.4. The zero-order chi connectivity index (χ0) is 13.5. The minimum atomic E-state index is -0.784. The molecule has 6 nitrogen and oxygen atoms in total. The van der Waals surface area contributed by atoms with Crippen LogP contribution in [0.2, 0.25) is 5.02 Å². The summed E-state index contributed by atoms with van der Waals surface area (Å²) < 4.78 is 4.84. The van der Waals surface area contributed by atoms with Crippen LogP contribution in [0.3, 0.4) is 0 Å². The van der Waals surface area contributed by atoms with Gasteiger partial charge in [0.15, 0.2) is 0 Å². The van der Waals surface area contributed by atoms with E-state index in [-0.39, 0.29) is 11.9 Å². The monoisotopic (exact) mass is 271 g/mol. The van der Waals surface area contributed by atoms with E-state index in [4.69, 9.17) is 16.3 Å². The number of carbonyl (C=O) groups excluding carboxylic acids is 2. The molecule has 0 aliphatic heterocycles. The summed E-state index contributed by atoms with van der Waals surface area (Å²) >= 11 is 5.65. The predicted octanol–water partition coefficient (Wildman–Crippen LogP) is 0.825. The largest absolute Gasteiger partial charge is 0.383 e. The molecule has 0 fully saturated rings. The van der Waals surface area contributed by atoms with E-state index in [1.807, 2.05) is 0 Å². The molecule has 98 valence electrons. The molecule has 0 spiro atoms. The third kappa shape index (κ3) is 4.68. The highest BCUT2D eigenvalue weighted by Crippen LogP contribution is 2.09. The number of halogens is 1. The first-order valence-corrected chi connectivity index (χ1v) is 5.63. The normalized spacial score (nSPS) is 11.7. The molecule has 1 aromatic heterocycles. The predicted molar refractivity (Wildman–Crippen MR) is 67.4 cm³/mol. The standard InChI is InChI=1S/C11H14ClN3O3/c1-7(6-18-2)14-10(16)11(17)15-9-4-3-8(12)5-13-9/h3-5,7H,6H2,1-2H3,(H,14,16)(H,13,15,17). The molecule has 0 saturated heterocycles. The molecule has 18 heavy (non-hydrogen) atoms. The minimum Gasteiger partial charge on any atom is -0.383 e. The molecule has 1 heterocycles. The van der Waals surface area contributed by atoms with Gasteiger partial charge >= 0.3 is 11.8 Å². The number of ether oxygens (including phenoxy) is 1. The second-order valence-electron chi connectivity index (χ2n) is 3.65. The number of methoxy groups -OCH3 is 1. The number of rotatable bonds is 4. The molecule has 0 radical (unpaired) electrons. The van der Waals surface area contributed by atoms with Gasteiger partial charge in [0, 0.05) is 19.3 Å². The summed E-state index contributed by atoms with van der Waals surface area (Å²) in [6, 6.07) is 2.83. The Balaban J connectivity index is 2.49. The summed E-state index contributed by atoms with van der Waals surface area (Å²) in [5.41, 5.74) is 0. The van der Waals surface area contributed by atoms with Gasteiger partial charge in [-0.15, -0.1) is 0 Å². The lowest BCUT2D eigenvalue weighted by Crippen LogP contribution is -2.42. The van der Waals surface area contributed by atoms with Crippen LogP contribution in [0, 0.1) is 0 Å². The van der Waals surface area contributed by atoms with Crippen LogP contribution in [0.25, 0.3) is 0 Å². The van der Waals surface area contributed by atoms with Crippen LogP contribution >= 0.6 is 11.6 Å². The molecule has 7 heteroatoms. The number of nitrogens with one attached hydrogen (secondary N) is 2. The van der Waals surface area contributed by atoms with Crippen molar-refractivity contribution >= 4 is 29.2 Å². The number of anilines is 1. The van der Waals surface area contributed by atoms with Crippen LogP contribution in [-0.4, -0.2) is 36.6 Å². The number of amides is 2. The Morgan fingerprint density at radius 1 is 1.44 bits per heavy atom. The summed E-state index contributed by atoms with van der Waals surface area (Å²) in [7, 11) is 1.51. The molecule has 1 aromatic rings. The second kappa shape index (κ2) is 6.93. The fourth-order valence-corrected chi connectivity index (χ4v) is 1.32. The Morgan fingerprint density at radius 3 is 2.72 bits per heavy atom. The lowest BCUT2D eigenvalue weighted by atomic mass is 10.3. The number of carbonyl (C=O) groups is 2. The van der Waals surface area contributed by atoms with Gasteiger partial charge in [0.1, 0.15) is 5.82 Å². The van der Waals surface area contributed by atoms with Crippen LogP contribution in [-0.2, 0) is 14.3 Å². The highest BCUT2D eigenvalue weighted by molar-refractivity contribution is 6.39.